The second-order valence-electron chi connectivity index (χ2n) is 4.78. The molecule has 1 aromatic carbocycles. The van der Waals surface area contributed by atoms with E-state index in [1.807, 2.05) is 26.1 Å². The number of benzene rings is 1. The second kappa shape index (κ2) is 9.82. The van der Waals surface area contributed by atoms with Gasteiger partial charge >= 0.3 is 0 Å². The van der Waals surface area contributed by atoms with Gasteiger partial charge in [-0.1, -0.05) is 18.2 Å². The summed E-state index contributed by atoms with van der Waals surface area (Å²) >= 11 is 0. The highest BCUT2D eigenvalue weighted by molar-refractivity contribution is 5.33. The molecule has 1 atom stereocenters. The molecular formula is C16H27NO2. The number of ether oxygens (including phenoxy) is 2. The lowest BCUT2D eigenvalue weighted by Gasteiger charge is -2.18. The van der Waals surface area contributed by atoms with E-state index in [4.69, 9.17) is 9.47 Å². The van der Waals surface area contributed by atoms with Gasteiger partial charge in [-0.3, -0.25) is 0 Å². The fourth-order valence-corrected chi connectivity index (χ4v) is 2.37. The van der Waals surface area contributed by atoms with Gasteiger partial charge < -0.3 is 14.8 Å². The molecule has 0 aliphatic carbocycles. The van der Waals surface area contributed by atoms with Crippen LogP contribution in [0.1, 0.15) is 25.3 Å². The summed E-state index contributed by atoms with van der Waals surface area (Å²) in [5.74, 6) is 1.62. The fourth-order valence-electron chi connectivity index (χ4n) is 2.37. The Hall–Kier alpha value is -1.06. The van der Waals surface area contributed by atoms with Crippen LogP contribution < -0.4 is 10.1 Å². The highest BCUT2D eigenvalue weighted by atomic mass is 16.5. The average molecular weight is 265 g/mol. The van der Waals surface area contributed by atoms with Crippen molar-refractivity contribution in [3.05, 3.63) is 29.8 Å². The zero-order chi connectivity index (χ0) is 13.9. The largest absolute Gasteiger partial charge is 0.496 e. The lowest BCUT2D eigenvalue weighted by Crippen LogP contribution is -2.21. The van der Waals surface area contributed by atoms with Gasteiger partial charge in [0.15, 0.2) is 0 Å². The Morgan fingerprint density at radius 2 is 2.05 bits per heavy atom. The molecule has 0 radical (unpaired) electrons. The normalized spacial score (nSPS) is 12.4. The van der Waals surface area contributed by atoms with E-state index < -0.39 is 0 Å². The molecule has 0 bridgehead atoms. The predicted octanol–water partition coefficient (Wildman–Crippen LogP) is 2.89. The number of para-hydroxylation sites is 1. The smallest absolute Gasteiger partial charge is 0.122 e. The average Bonchev–Trinajstić information content (AvgIpc) is 2.44. The molecule has 1 aromatic rings. The van der Waals surface area contributed by atoms with Crippen LogP contribution in [0, 0.1) is 5.92 Å². The molecule has 0 amide bonds. The first-order valence-electron chi connectivity index (χ1n) is 7.16. The summed E-state index contributed by atoms with van der Waals surface area (Å²) in [5.41, 5.74) is 1.29. The molecule has 0 aliphatic rings. The Morgan fingerprint density at radius 1 is 1.26 bits per heavy atom. The number of hydrogen-bond acceptors (Lipinski definition) is 3. The Bertz CT molecular complexity index is 341. The van der Waals surface area contributed by atoms with Gasteiger partial charge in [-0.2, -0.15) is 0 Å². The quantitative estimate of drug-likeness (QED) is 0.660. The molecule has 3 heteroatoms. The van der Waals surface area contributed by atoms with Crippen LogP contribution in [-0.4, -0.2) is 33.9 Å². The van der Waals surface area contributed by atoms with Crippen LogP contribution in [0.5, 0.6) is 5.75 Å². The topological polar surface area (TPSA) is 30.5 Å². The summed E-state index contributed by atoms with van der Waals surface area (Å²) in [6.45, 7) is 4.75. The summed E-state index contributed by atoms with van der Waals surface area (Å²) in [6.07, 6.45) is 3.35. The van der Waals surface area contributed by atoms with Crippen molar-refractivity contribution in [3.63, 3.8) is 0 Å². The molecule has 1 rings (SSSR count). The fraction of sp³-hybridized carbons (Fsp3) is 0.625. The third-order valence-corrected chi connectivity index (χ3v) is 3.30. The van der Waals surface area contributed by atoms with Crippen LogP contribution in [0.15, 0.2) is 24.3 Å². The molecule has 1 N–H and O–H groups in total. The first-order chi connectivity index (χ1) is 9.31. The van der Waals surface area contributed by atoms with Crippen molar-refractivity contribution in [1.29, 1.82) is 0 Å². The standard InChI is InChI=1S/C16H27NO2/c1-4-19-11-7-8-14(13-17-2)12-15-9-5-6-10-16(15)18-3/h5-6,9-10,14,17H,4,7-8,11-13H2,1-3H3. The summed E-state index contributed by atoms with van der Waals surface area (Å²) in [5, 5.41) is 3.28. The summed E-state index contributed by atoms with van der Waals surface area (Å²) in [7, 11) is 3.75. The van der Waals surface area contributed by atoms with E-state index in [-0.39, 0.29) is 0 Å². The maximum absolute atomic E-state index is 5.42. The predicted molar refractivity (Wildman–Crippen MR) is 79.8 cm³/mol. The molecule has 0 saturated heterocycles. The first-order valence-corrected chi connectivity index (χ1v) is 7.16. The van der Waals surface area contributed by atoms with E-state index in [1.165, 1.54) is 12.0 Å². The zero-order valence-corrected chi connectivity index (χ0v) is 12.4. The van der Waals surface area contributed by atoms with E-state index >= 15 is 0 Å². The van der Waals surface area contributed by atoms with Crippen LogP contribution >= 0.6 is 0 Å². The van der Waals surface area contributed by atoms with Gasteiger partial charge in [-0.05, 0) is 57.3 Å². The van der Waals surface area contributed by atoms with Gasteiger partial charge in [0.2, 0.25) is 0 Å². The van der Waals surface area contributed by atoms with Gasteiger partial charge in [0.05, 0.1) is 7.11 Å². The van der Waals surface area contributed by atoms with E-state index in [2.05, 4.69) is 17.4 Å². The highest BCUT2D eigenvalue weighted by Crippen LogP contribution is 2.22. The third-order valence-electron chi connectivity index (χ3n) is 3.30. The van der Waals surface area contributed by atoms with Crippen molar-refractivity contribution in [1.82, 2.24) is 5.32 Å². The molecule has 0 spiro atoms. The Morgan fingerprint density at radius 3 is 2.74 bits per heavy atom. The summed E-state index contributed by atoms with van der Waals surface area (Å²) in [4.78, 5) is 0. The van der Waals surface area contributed by atoms with Crippen molar-refractivity contribution >= 4 is 0 Å². The van der Waals surface area contributed by atoms with E-state index in [0.717, 1.165) is 38.3 Å². The van der Waals surface area contributed by atoms with Crippen LogP contribution in [0.25, 0.3) is 0 Å². The van der Waals surface area contributed by atoms with Gasteiger partial charge in [0, 0.05) is 13.2 Å². The van der Waals surface area contributed by atoms with Crippen molar-refractivity contribution in [2.24, 2.45) is 5.92 Å². The molecule has 0 saturated carbocycles. The third kappa shape index (κ3) is 6.08. The monoisotopic (exact) mass is 265 g/mol. The minimum atomic E-state index is 0.627. The molecule has 1 unspecified atom stereocenters. The molecule has 3 nitrogen and oxygen atoms in total. The Kier molecular flexibility index (Phi) is 8.26. The molecule has 0 heterocycles. The van der Waals surface area contributed by atoms with Crippen molar-refractivity contribution in [3.8, 4) is 5.75 Å². The van der Waals surface area contributed by atoms with Gasteiger partial charge in [0.1, 0.15) is 5.75 Å². The lowest BCUT2D eigenvalue weighted by molar-refractivity contribution is 0.139. The first kappa shape index (κ1) is 16.0. The molecular weight excluding hydrogens is 238 g/mol. The molecule has 0 aliphatic heterocycles. The molecule has 0 fully saturated rings. The maximum Gasteiger partial charge on any atom is 0.122 e. The van der Waals surface area contributed by atoms with Crippen molar-refractivity contribution in [2.75, 3.05) is 33.9 Å². The van der Waals surface area contributed by atoms with Gasteiger partial charge in [0.25, 0.3) is 0 Å². The SMILES string of the molecule is CCOCCCC(CNC)Cc1ccccc1OC. The summed E-state index contributed by atoms with van der Waals surface area (Å²) in [6, 6.07) is 8.29. The van der Waals surface area contributed by atoms with E-state index in [0.29, 0.717) is 5.92 Å². The van der Waals surface area contributed by atoms with Crippen LogP contribution in [0.4, 0.5) is 0 Å². The second-order valence-corrected chi connectivity index (χ2v) is 4.78. The lowest BCUT2D eigenvalue weighted by atomic mass is 9.94. The Labute approximate surface area is 117 Å². The molecule has 0 aromatic heterocycles. The molecule has 108 valence electrons. The van der Waals surface area contributed by atoms with E-state index in [9.17, 15) is 0 Å². The van der Waals surface area contributed by atoms with Gasteiger partial charge in [-0.15, -0.1) is 0 Å². The van der Waals surface area contributed by atoms with Crippen LogP contribution in [-0.2, 0) is 11.2 Å². The zero-order valence-electron chi connectivity index (χ0n) is 12.4. The number of methoxy groups -OCH3 is 1. The number of nitrogens with one attached hydrogen (secondary N) is 1. The minimum Gasteiger partial charge on any atom is -0.496 e. The maximum atomic E-state index is 5.42. The number of hydrogen-bond donors (Lipinski definition) is 1. The van der Waals surface area contributed by atoms with Crippen LogP contribution in [0.3, 0.4) is 0 Å². The summed E-state index contributed by atoms with van der Waals surface area (Å²) < 4.78 is 10.8. The minimum absolute atomic E-state index is 0.627. The van der Waals surface area contributed by atoms with Gasteiger partial charge in [-0.25, -0.2) is 0 Å². The highest BCUT2D eigenvalue weighted by Gasteiger charge is 2.11. The van der Waals surface area contributed by atoms with E-state index in [1.54, 1.807) is 7.11 Å². The Balaban J connectivity index is 2.51. The van der Waals surface area contributed by atoms with Crippen LogP contribution in [0.2, 0.25) is 0 Å². The van der Waals surface area contributed by atoms with Crippen molar-refractivity contribution in [2.45, 2.75) is 26.2 Å². The molecule has 19 heavy (non-hydrogen) atoms. The van der Waals surface area contributed by atoms with Crippen molar-refractivity contribution < 1.29 is 9.47 Å². The number of rotatable bonds is 10.